The van der Waals surface area contributed by atoms with Gasteiger partial charge in [0.05, 0.1) is 5.54 Å². The van der Waals surface area contributed by atoms with Gasteiger partial charge in [0.1, 0.15) is 0 Å². The van der Waals surface area contributed by atoms with E-state index in [2.05, 4.69) is 67.6 Å². The number of nitrogens with zero attached hydrogens (tertiary/aromatic N) is 1. The lowest BCUT2D eigenvalue weighted by Gasteiger charge is -2.26. The van der Waals surface area contributed by atoms with Crippen molar-refractivity contribution in [1.29, 1.82) is 0 Å². The lowest BCUT2D eigenvalue weighted by molar-refractivity contribution is 0.249. The van der Waals surface area contributed by atoms with E-state index in [0.717, 1.165) is 18.4 Å². The van der Waals surface area contributed by atoms with Gasteiger partial charge >= 0.3 is 0 Å². The molecule has 0 saturated carbocycles. The van der Waals surface area contributed by atoms with Gasteiger partial charge in [-0.3, -0.25) is 0 Å². The first kappa shape index (κ1) is 19.9. The zero-order valence-electron chi connectivity index (χ0n) is 17.4. The average molecular weight is 358 g/mol. The first-order valence-electron chi connectivity index (χ1n) is 10.9. The van der Waals surface area contributed by atoms with Crippen LogP contribution in [-0.2, 0) is 5.54 Å². The number of hydrogen-bond acceptors (Lipinski definition) is 3. The lowest BCUT2D eigenvalue weighted by atomic mass is 9.80. The minimum atomic E-state index is 0.225. The van der Waals surface area contributed by atoms with Gasteiger partial charge in [0, 0.05) is 19.1 Å². The number of hydrogen-bond donors (Lipinski definition) is 2. The molecule has 0 aliphatic carbocycles. The zero-order valence-corrected chi connectivity index (χ0v) is 17.4. The van der Waals surface area contributed by atoms with Crippen LogP contribution in [0.4, 0.5) is 0 Å². The average Bonchev–Trinajstić information content (AvgIpc) is 3.19. The molecule has 2 N–H and O–H groups in total. The van der Waals surface area contributed by atoms with Crippen molar-refractivity contribution in [2.75, 3.05) is 33.2 Å². The van der Waals surface area contributed by atoms with Crippen LogP contribution in [0.5, 0.6) is 0 Å². The lowest BCUT2D eigenvalue weighted by Crippen LogP contribution is -2.32. The largest absolute Gasteiger partial charge is 0.320 e. The maximum atomic E-state index is 3.97. The molecule has 1 aromatic carbocycles. The van der Waals surface area contributed by atoms with E-state index >= 15 is 0 Å². The molecule has 2 heterocycles. The minimum Gasteiger partial charge on any atom is -0.320 e. The van der Waals surface area contributed by atoms with Crippen LogP contribution in [0, 0.1) is 18.8 Å². The molecule has 2 aliphatic rings. The third-order valence-corrected chi connectivity index (χ3v) is 6.88. The maximum absolute atomic E-state index is 3.97. The molecule has 1 aromatic rings. The standard InChI is InChI=1S/C23H39N3/c1-5-19(6-2)16-26-14-12-21(17-26)23(20-10-7-9-18(3)15-20)22(25-23)11-8-13-24-4/h7,9-10,15,19,21-22,24-25H,5-6,8,11-14,16-17H2,1-4H3. The number of benzene rings is 1. The van der Waals surface area contributed by atoms with Gasteiger partial charge < -0.3 is 15.5 Å². The molecule has 2 aliphatic heterocycles. The minimum absolute atomic E-state index is 0.225. The van der Waals surface area contributed by atoms with Gasteiger partial charge in [-0.25, -0.2) is 0 Å². The van der Waals surface area contributed by atoms with Crippen LogP contribution >= 0.6 is 0 Å². The predicted octanol–water partition coefficient (Wildman–Crippen LogP) is 3.92. The van der Waals surface area contributed by atoms with Crippen LogP contribution in [-0.4, -0.2) is 44.2 Å². The topological polar surface area (TPSA) is 37.2 Å². The zero-order chi connectivity index (χ0) is 18.6. The van der Waals surface area contributed by atoms with Gasteiger partial charge in [-0.1, -0.05) is 56.5 Å². The highest BCUT2D eigenvalue weighted by Crippen LogP contribution is 2.50. The summed E-state index contributed by atoms with van der Waals surface area (Å²) < 4.78 is 0. The fraction of sp³-hybridized carbons (Fsp3) is 0.739. The smallest absolute Gasteiger partial charge is 0.0634 e. The molecule has 0 bridgehead atoms. The van der Waals surface area contributed by atoms with Crippen LogP contribution < -0.4 is 10.6 Å². The summed E-state index contributed by atoms with van der Waals surface area (Å²) in [5.41, 5.74) is 3.14. The van der Waals surface area contributed by atoms with E-state index in [1.807, 2.05) is 0 Å². The molecular weight excluding hydrogens is 318 g/mol. The molecule has 0 aromatic heterocycles. The Labute approximate surface area is 160 Å². The van der Waals surface area contributed by atoms with Gasteiger partial charge in [-0.2, -0.15) is 0 Å². The molecule has 2 saturated heterocycles. The molecule has 0 radical (unpaired) electrons. The summed E-state index contributed by atoms with van der Waals surface area (Å²) in [5, 5.41) is 7.28. The molecule has 0 spiro atoms. The van der Waals surface area contributed by atoms with E-state index in [0.29, 0.717) is 6.04 Å². The van der Waals surface area contributed by atoms with Crippen molar-refractivity contribution in [3.8, 4) is 0 Å². The maximum Gasteiger partial charge on any atom is 0.0634 e. The van der Waals surface area contributed by atoms with E-state index in [9.17, 15) is 0 Å². The second kappa shape index (κ2) is 8.86. The van der Waals surface area contributed by atoms with Gasteiger partial charge in [-0.05, 0) is 63.7 Å². The summed E-state index contributed by atoms with van der Waals surface area (Å²) in [6.45, 7) is 11.9. The Morgan fingerprint density at radius 3 is 2.81 bits per heavy atom. The van der Waals surface area contributed by atoms with Gasteiger partial charge in [0.25, 0.3) is 0 Å². The Bertz CT molecular complexity index is 568. The number of likely N-dealkylation sites (tertiary alicyclic amines) is 1. The monoisotopic (exact) mass is 357 g/mol. The fourth-order valence-electron chi connectivity index (χ4n) is 5.14. The number of nitrogens with one attached hydrogen (secondary N) is 2. The predicted molar refractivity (Wildman–Crippen MR) is 112 cm³/mol. The van der Waals surface area contributed by atoms with E-state index in [1.54, 1.807) is 0 Å². The molecule has 3 nitrogen and oxygen atoms in total. The fourth-order valence-corrected chi connectivity index (χ4v) is 5.14. The van der Waals surface area contributed by atoms with E-state index < -0.39 is 0 Å². The van der Waals surface area contributed by atoms with Gasteiger partial charge in [0.15, 0.2) is 0 Å². The Balaban J connectivity index is 1.71. The molecule has 26 heavy (non-hydrogen) atoms. The highest BCUT2D eigenvalue weighted by atomic mass is 15.3. The van der Waals surface area contributed by atoms with Gasteiger partial charge in [0.2, 0.25) is 0 Å². The van der Waals surface area contributed by atoms with Crippen molar-refractivity contribution in [3.05, 3.63) is 35.4 Å². The summed E-state index contributed by atoms with van der Waals surface area (Å²) >= 11 is 0. The molecular formula is C23H39N3. The summed E-state index contributed by atoms with van der Waals surface area (Å²) in [6.07, 6.45) is 6.49. The quantitative estimate of drug-likeness (QED) is 0.492. The van der Waals surface area contributed by atoms with E-state index in [1.165, 1.54) is 62.9 Å². The molecule has 3 unspecified atom stereocenters. The molecule has 3 heteroatoms. The van der Waals surface area contributed by atoms with Crippen LogP contribution in [0.25, 0.3) is 0 Å². The molecule has 2 fully saturated rings. The Hall–Kier alpha value is -0.900. The third kappa shape index (κ3) is 4.16. The molecule has 3 rings (SSSR count). The number of aryl methyl sites for hydroxylation is 1. The van der Waals surface area contributed by atoms with Crippen molar-refractivity contribution in [3.63, 3.8) is 0 Å². The van der Waals surface area contributed by atoms with Crippen LogP contribution in [0.15, 0.2) is 24.3 Å². The Kier molecular flexibility index (Phi) is 6.76. The first-order valence-corrected chi connectivity index (χ1v) is 10.9. The molecule has 3 atom stereocenters. The number of rotatable bonds is 10. The SMILES string of the molecule is CCC(CC)CN1CCC(C2(c3cccc(C)c3)NC2CCCNC)C1. The van der Waals surface area contributed by atoms with Crippen molar-refractivity contribution < 1.29 is 0 Å². The van der Waals surface area contributed by atoms with Crippen molar-refractivity contribution in [2.45, 2.75) is 64.5 Å². The van der Waals surface area contributed by atoms with Crippen LogP contribution in [0.3, 0.4) is 0 Å². The van der Waals surface area contributed by atoms with Crippen LogP contribution in [0.1, 0.15) is 57.1 Å². The molecule has 0 amide bonds. The highest BCUT2D eigenvalue weighted by Gasteiger charge is 2.59. The van der Waals surface area contributed by atoms with Gasteiger partial charge in [-0.15, -0.1) is 0 Å². The normalized spacial score (nSPS) is 28.8. The Morgan fingerprint density at radius 2 is 2.12 bits per heavy atom. The summed E-state index contributed by atoms with van der Waals surface area (Å²) in [7, 11) is 2.06. The summed E-state index contributed by atoms with van der Waals surface area (Å²) in [4.78, 5) is 2.74. The second-order valence-electron chi connectivity index (χ2n) is 8.61. The third-order valence-electron chi connectivity index (χ3n) is 6.88. The molecule has 146 valence electrons. The summed E-state index contributed by atoms with van der Waals surface area (Å²) in [6, 6.07) is 9.91. The summed E-state index contributed by atoms with van der Waals surface area (Å²) in [5.74, 6) is 1.61. The highest BCUT2D eigenvalue weighted by molar-refractivity contribution is 5.38. The Morgan fingerprint density at radius 1 is 1.31 bits per heavy atom. The van der Waals surface area contributed by atoms with Crippen LogP contribution in [0.2, 0.25) is 0 Å². The van der Waals surface area contributed by atoms with Crippen molar-refractivity contribution in [1.82, 2.24) is 15.5 Å². The van der Waals surface area contributed by atoms with Crippen molar-refractivity contribution in [2.24, 2.45) is 11.8 Å². The van der Waals surface area contributed by atoms with E-state index in [-0.39, 0.29) is 5.54 Å². The van der Waals surface area contributed by atoms with Crippen molar-refractivity contribution >= 4 is 0 Å². The first-order chi connectivity index (χ1) is 12.6. The van der Waals surface area contributed by atoms with E-state index in [4.69, 9.17) is 0 Å². The second-order valence-corrected chi connectivity index (χ2v) is 8.61.